The Morgan fingerprint density at radius 2 is 2.18 bits per heavy atom. The Hall–Kier alpha value is -0.160. The molecule has 0 radical (unpaired) electrons. The smallest absolute Gasteiger partial charge is 0.0702 e. The second-order valence-corrected chi connectivity index (χ2v) is 5.64. The van der Waals surface area contributed by atoms with Gasteiger partial charge in [-0.2, -0.15) is 0 Å². The highest BCUT2D eigenvalue weighted by molar-refractivity contribution is 4.95. The van der Waals surface area contributed by atoms with E-state index >= 15 is 0 Å². The highest BCUT2D eigenvalue weighted by atomic mass is 16.5. The van der Waals surface area contributed by atoms with Crippen LogP contribution in [0.4, 0.5) is 0 Å². The van der Waals surface area contributed by atoms with E-state index in [4.69, 9.17) is 15.2 Å². The first-order valence-electron chi connectivity index (χ1n) is 6.77. The van der Waals surface area contributed by atoms with Crippen molar-refractivity contribution in [2.75, 3.05) is 40.0 Å². The molecule has 0 aromatic carbocycles. The van der Waals surface area contributed by atoms with E-state index in [1.165, 1.54) is 12.8 Å². The van der Waals surface area contributed by atoms with Gasteiger partial charge in [-0.3, -0.25) is 4.90 Å². The first-order chi connectivity index (χ1) is 8.16. The Kier molecular flexibility index (Phi) is 4.42. The van der Waals surface area contributed by atoms with Gasteiger partial charge in [-0.05, 0) is 33.2 Å². The zero-order chi connectivity index (χ0) is 12.3. The summed E-state index contributed by atoms with van der Waals surface area (Å²) in [6.45, 7) is 6.59. The first kappa shape index (κ1) is 13.3. The van der Waals surface area contributed by atoms with Gasteiger partial charge >= 0.3 is 0 Å². The van der Waals surface area contributed by atoms with Crippen molar-refractivity contribution in [1.82, 2.24) is 4.90 Å². The van der Waals surface area contributed by atoms with Crippen LogP contribution in [0.2, 0.25) is 0 Å². The summed E-state index contributed by atoms with van der Waals surface area (Å²) in [5, 5.41) is 0. The van der Waals surface area contributed by atoms with Crippen molar-refractivity contribution < 1.29 is 9.47 Å². The van der Waals surface area contributed by atoms with Crippen molar-refractivity contribution in [3.63, 3.8) is 0 Å². The topological polar surface area (TPSA) is 47.7 Å². The van der Waals surface area contributed by atoms with Gasteiger partial charge in [0.1, 0.15) is 0 Å². The minimum Gasteiger partial charge on any atom is -0.381 e. The molecule has 4 heteroatoms. The molecule has 2 aliphatic heterocycles. The Bertz CT molecular complexity index is 238. The molecule has 2 fully saturated rings. The molecular weight excluding hydrogens is 216 g/mol. The van der Waals surface area contributed by atoms with E-state index in [0.717, 1.165) is 32.8 Å². The number of hydrogen-bond acceptors (Lipinski definition) is 4. The number of hydrogen-bond donors (Lipinski definition) is 1. The van der Waals surface area contributed by atoms with Gasteiger partial charge in [0.05, 0.1) is 12.7 Å². The average molecular weight is 242 g/mol. The maximum atomic E-state index is 6.02. The lowest BCUT2D eigenvalue weighted by molar-refractivity contribution is 0.0151. The number of ether oxygens (including phenoxy) is 2. The fraction of sp³-hybridized carbons (Fsp3) is 1.00. The van der Waals surface area contributed by atoms with Crippen LogP contribution < -0.4 is 5.73 Å². The predicted octanol–water partition coefficient (Wildman–Crippen LogP) is 0.851. The van der Waals surface area contributed by atoms with Gasteiger partial charge in [0, 0.05) is 37.8 Å². The molecule has 17 heavy (non-hydrogen) atoms. The van der Waals surface area contributed by atoms with E-state index in [9.17, 15) is 0 Å². The zero-order valence-corrected chi connectivity index (χ0v) is 11.2. The van der Waals surface area contributed by atoms with Crippen LogP contribution in [0, 0.1) is 5.92 Å². The molecule has 0 aromatic rings. The fourth-order valence-electron chi connectivity index (χ4n) is 2.96. The average Bonchev–Trinajstić information content (AvgIpc) is 3.00. The maximum Gasteiger partial charge on any atom is 0.0702 e. The van der Waals surface area contributed by atoms with Crippen LogP contribution in [0.25, 0.3) is 0 Å². The van der Waals surface area contributed by atoms with Crippen LogP contribution in [-0.2, 0) is 9.47 Å². The molecule has 0 aromatic heterocycles. The standard InChI is InChI=1S/C13H26N2O2/c1-13(10-14,11-5-7-16-9-11)15(2)8-12-4-3-6-17-12/h11-12H,3-10,14H2,1-2H3. The van der Waals surface area contributed by atoms with Crippen LogP contribution in [-0.4, -0.2) is 56.5 Å². The molecule has 3 unspecified atom stereocenters. The molecule has 100 valence electrons. The third-order valence-electron chi connectivity index (χ3n) is 4.60. The minimum absolute atomic E-state index is 0.0441. The largest absolute Gasteiger partial charge is 0.381 e. The molecule has 0 spiro atoms. The van der Waals surface area contributed by atoms with Gasteiger partial charge in [0.2, 0.25) is 0 Å². The number of nitrogens with zero attached hydrogens (tertiary/aromatic N) is 1. The molecule has 0 saturated carbocycles. The van der Waals surface area contributed by atoms with Crippen LogP contribution >= 0.6 is 0 Å². The molecule has 2 heterocycles. The monoisotopic (exact) mass is 242 g/mol. The third-order valence-corrected chi connectivity index (χ3v) is 4.60. The lowest BCUT2D eigenvalue weighted by atomic mass is 9.83. The van der Waals surface area contributed by atoms with Crippen molar-refractivity contribution in [2.45, 2.75) is 37.8 Å². The second kappa shape index (κ2) is 5.65. The Balaban J connectivity index is 1.94. The summed E-state index contributed by atoms with van der Waals surface area (Å²) in [7, 11) is 2.17. The summed E-state index contributed by atoms with van der Waals surface area (Å²) in [6, 6.07) is 0. The van der Waals surface area contributed by atoms with Crippen LogP contribution in [0.1, 0.15) is 26.2 Å². The summed E-state index contributed by atoms with van der Waals surface area (Å²) in [5.74, 6) is 0.555. The van der Waals surface area contributed by atoms with Gasteiger partial charge in [0.15, 0.2) is 0 Å². The highest BCUT2D eigenvalue weighted by Gasteiger charge is 2.39. The summed E-state index contributed by atoms with van der Waals surface area (Å²) < 4.78 is 11.2. The number of nitrogens with two attached hydrogens (primary N) is 1. The van der Waals surface area contributed by atoms with Gasteiger partial charge in [0.25, 0.3) is 0 Å². The molecule has 0 amide bonds. The van der Waals surface area contributed by atoms with E-state index in [1.807, 2.05) is 0 Å². The van der Waals surface area contributed by atoms with Crippen LogP contribution in [0.3, 0.4) is 0 Å². The summed E-state index contributed by atoms with van der Waals surface area (Å²) >= 11 is 0. The van der Waals surface area contributed by atoms with Crippen LogP contribution in [0.5, 0.6) is 0 Å². The van der Waals surface area contributed by atoms with E-state index in [2.05, 4.69) is 18.9 Å². The Morgan fingerprint density at radius 1 is 1.35 bits per heavy atom. The molecule has 2 rings (SSSR count). The molecule has 0 aliphatic carbocycles. The SMILES string of the molecule is CN(CC1CCCO1)C(C)(CN)C1CCOC1. The Labute approximate surface area is 104 Å². The second-order valence-electron chi connectivity index (χ2n) is 5.64. The van der Waals surface area contributed by atoms with E-state index in [1.54, 1.807) is 0 Å². The van der Waals surface area contributed by atoms with Crippen molar-refractivity contribution in [3.05, 3.63) is 0 Å². The lowest BCUT2D eigenvalue weighted by Crippen LogP contribution is -2.56. The molecule has 0 bridgehead atoms. The molecular formula is C13H26N2O2. The molecule has 2 aliphatic rings. The van der Waals surface area contributed by atoms with E-state index in [-0.39, 0.29) is 5.54 Å². The van der Waals surface area contributed by atoms with Gasteiger partial charge < -0.3 is 15.2 Å². The van der Waals surface area contributed by atoms with E-state index in [0.29, 0.717) is 18.6 Å². The van der Waals surface area contributed by atoms with E-state index < -0.39 is 0 Å². The van der Waals surface area contributed by atoms with Gasteiger partial charge in [-0.15, -0.1) is 0 Å². The maximum absolute atomic E-state index is 6.02. The van der Waals surface area contributed by atoms with Crippen molar-refractivity contribution in [1.29, 1.82) is 0 Å². The van der Waals surface area contributed by atoms with Crippen molar-refractivity contribution >= 4 is 0 Å². The quantitative estimate of drug-likeness (QED) is 0.776. The third kappa shape index (κ3) is 2.81. The summed E-state index contributed by atoms with van der Waals surface area (Å²) in [4.78, 5) is 2.39. The lowest BCUT2D eigenvalue weighted by Gasteiger charge is -2.43. The fourth-order valence-corrected chi connectivity index (χ4v) is 2.96. The molecule has 2 N–H and O–H groups in total. The van der Waals surface area contributed by atoms with Gasteiger partial charge in [-0.25, -0.2) is 0 Å². The molecule has 2 saturated heterocycles. The van der Waals surface area contributed by atoms with Crippen LogP contribution in [0.15, 0.2) is 0 Å². The molecule has 4 nitrogen and oxygen atoms in total. The highest BCUT2D eigenvalue weighted by Crippen LogP contribution is 2.30. The molecule has 3 atom stereocenters. The Morgan fingerprint density at radius 3 is 2.71 bits per heavy atom. The predicted molar refractivity (Wildman–Crippen MR) is 68.0 cm³/mol. The number of rotatable bonds is 5. The zero-order valence-electron chi connectivity index (χ0n) is 11.2. The van der Waals surface area contributed by atoms with Crippen molar-refractivity contribution in [3.8, 4) is 0 Å². The summed E-state index contributed by atoms with van der Waals surface area (Å²) in [6.07, 6.45) is 3.91. The van der Waals surface area contributed by atoms with Crippen molar-refractivity contribution in [2.24, 2.45) is 11.7 Å². The normalized spacial score (nSPS) is 33.2. The summed E-state index contributed by atoms with van der Waals surface area (Å²) in [5.41, 5.74) is 6.07. The minimum atomic E-state index is 0.0441. The number of likely N-dealkylation sites (N-methyl/N-ethyl adjacent to an activating group) is 1. The first-order valence-corrected chi connectivity index (χ1v) is 6.77. The van der Waals surface area contributed by atoms with Gasteiger partial charge in [-0.1, -0.05) is 0 Å².